The van der Waals surface area contributed by atoms with Crippen molar-refractivity contribution in [3.05, 3.63) is 24.3 Å². The average Bonchev–Trinajstić information content (AvgIpc) is 2.03. The van der Waals surface area contributed by atoms with E-state index in [0.717, 1.165) is 0 Å². The molecule has 0 fully saturated rings. The summed E-state index contributed by atoms with van der Waals surface area (Å²) in [5, 5.41) is 2.34. The molecule has 1 amide bonds. The number of halogens is 2. The Morgan fingerprint density at radius 2 is 2.00 bits per heavy atom. The molecule has 0 aliphatic rings. The molecule has 0 radical (unpaired) electrons. The minimum absolute atomic E-state index is 0.155. The van der Waals surface area contributed by atoms with Crippen LogP contribution in [0, 0.1) is 0 Å². The summed E-state index contributed by atoms with van der Waals surface area (Å²) in [7, 11) is -2.57. The van der Waals surface area contributed by atoms with Gasteiger partial charge in [0.2, 0.25) is 5.91 Å². The zero-order valence-corrected chi connectivity index (χ0v) is 7.05. The Kier molecular flexibility index (Phi) is 3.00. The van der Waals surface area contributed by atoms with E-state index in [1.165, 1.54) is 25.1 Å². The van der Waals surface area contributed by atoms with Crippen LogP contribution in [-0.4, -0.2) is 13.2 Å². The highest BCUT2D eigenvalue weighted by atomic mass is 19.2. The van der Waals surface area contributed by atoms with E-state index in [9.17, 15) is 13.4 Å². The second-order valence-corrected chi connectivity index (χ2v) is 2.57. The van der Waals surface area contributed by atoms with Crippen molar-refractivity contribution in [1.82, 2.24) is 0 Å². The Balaban J connectivity index is 2.97. The van der Waals surface area contributed by atoms with Gasteiger partial charge in [-0.05, 0) is 6.07 Å². The number of nitrogens with one attached hydrogen (secondary N) is 1. The topological polar surface area (TPSA) is 29.1 Å². The van der Waals surface area contributed by atoms with Gasteiger partial charge < -0.3 is 5.32 Å². The maximum absolute atomic E-state index is 12.3. The summed E-state index contributed by atoms with van der Waals surface area (Å²) in [5.74, 6) is -0.354. The van der Waals surface area contributed by atoms with Crippen molar-refractivity contribution < 1.29 is 13.4 Å². The van der Waals surface area contributed by atoms with Crippen LogP contribution in [0.25, 0.3) is 0 Å². The zero-order valence-electron chi connectivity index (χ0n) is 7.05. The van der Waals surface area contributed by atoms with Gasteiger partial charge in [0.25, 0.3) is 0 Å². The lowest BCUT2D eigenvalue weighted by atomic mass is 9.84. The van der Waals surface area contributed by atoms with Gasteiger partial charge in [0.15, 0.2) is 0 Å². The number of rotatable bonds is 2. The number of hydrogen-bond donors (Lipinski definition) is 1. The van der Waals surface area contributed by atoms with Crippen LogP contribution in [0.1, 0.15) is 6.92 Å². The van der Waals surface area contributed by atoms with Crippen LogP contribution in [0.5, 0.6) is 0 Å². The molecule has 5 heteroatoms. The van der Waals surface area contributed by atoms with Gasteiger partial charge in [-0.1, -0.05) is 18.2 Å². The molecule has 1 aromatic rings. The Bertz CT molecular complexity index is 317. The van der Waals surface area contributed by atoms with Crippen LogP contribution in [0.3, 0.4) is 0 Å². The third kappa shape index (κ3) is 2.54. The highest BCUT2D eigenvalue weighted by Crippen LogP contribution is 2.05. The van der Waals surface area contributed by atoms with Crippen LogP contribution in [0.2, 0.25) is 0 Å². The summed E-state index contributed by atoms with van der Waals surface area (Å²) in [5.41, 5.74) is 0.0164. The lowest BCUT2D eigenvalue weighted by Crippen LogP contribution is -2.25. The molecule has 0 atom stereocenters. The monoisotopic (exact) mass is 183 g/mol. The average molecular weight is 183 g/mol. The van der Waals surface area contributed by atoms with E-state index in [0.29, 0.717) is 0 Å². The number of para-hydroxylation sites is 1. The molecule has 0 saturated carbocycles. The van der Waals surface area contributed by atoms with Gasteiger partial charge in [-0.2, -0.15) is 0 Å². The zero-order chi connectivity index (χ0) is 9.84. The first-order valence-electron chi connectivity index (χ1n) is 3.76. The van der Waals surface area contributed by atoms with E-state index in [2.05, 4.69) is 5.32 Å². The van der Waals surface area contributed by atoms with Crippen molar-refractivity contribution in [2.75, 3.05) is 5.32 Å². The molecule has 0 aromatic heterocycles. The van der Waals surface area contributed by atoms with Crippen molar-refractivity contribution >= 4 is 24.3 Å². The fourth-order valence-corrected chi connectivity index (χ4v) is 0.991. The summed E-state index contributed by atoms with van der Waals surface area (Å²) in [6, 6.07) is 5.84. The first-order chi connectivity index (χ1) is 6.11. The standard InChI is InChI=1S/C8H8BF2NO/c1-6(13)12-8-5-3-2-4-7(8)9(10)11/h2-5H,1H3,(H,12,13). The molecule has 0 heterocycles. The lowest BCUT2D eigenvalue weighted by molar-refractivity contribution is -0.114. The quantitative estimate of drug-likeness (QED) is 0.687. The first kappa shape index (κ1) is 9.70. The molecule has 0 aliphatic carbocycles. The van der Waals surface area contributed by atoms with Gasteiger partial charge in [-0.3, -0.25) is 13.4 Å². The molecule has 0 unspecified atom stereocenters. The largest absolute Gasteiger partial charge is 0.574 e. The molecule has 68 valence electrons. The smallest absolute Gasteiger partial charge is 0.327 e. The lowest BCUT2D eigenvalue weighted by Gasteiger charge is -2.06. The van der Waals surface area contributed by atoms with Gasteiger partial charge in [-0.25, -0.2) is 0 Å². The Hall–Kier alpha value is -1.39. The molecule has 13 heavy (non-hydrogen) atoms. The van der Waals surface area contributed by atoms with Crippen LogP contribution in [-0.2, 0) is 4.79 Å². The molecule has 1 rings (SSSR count). The van der Waals surface area contributed by atoms with Crippen molar-refractivity contribution in [1.29, 1.82) is 0 Å². The second kappa shape index (κ2) is 4.02. The minimum Gasteiger partial charge on any atom is -0.327 e. The molecular formula is C8H8BF2NO. The predicted molar refractivity (Wildman–Crippen MR) is 48.3 cm³/mol. The maximum Gasteiger partial charge on any atom is 0.574 e. The number of carbonyl (C=O) groups excluding carboxylic acids is 1. The van der Waals surface area contributed by atoms with Gasteiger partial charge in [0.05, 0.1) is 0 Å². The van der Waals surface area contributed by atoms with E-state index < -0.39 is 7.27 Å². The Labute approximate surface area is 75.1 Å². The molecule has 2 nitrogen and oxygen atoms in total. The first-order valence-corrected chi connectivity index (χ1v) is 3.76. The number of hydrogen-bond acceptors (Lipinski definition) is 1. The Morgan fingerprint density at radius 3 is 2.54 bits per heavy atom. The Morgan fingerprint density at radius 1 is 1.38 bits per heavy atom. The van der Waals surface area contributed by atoms with Gasteiger partial charge >= 0.3 is 7.27 Å². The van der Waals surface area contributed by atoms with Crippen molar-refractivity contribution in [3.8, 4) is 0 Å². The summed E-state index contributed by atoms with van der Waals surface area (Å²) in [6.45, 7) is 1.28. The minimum atomic E-state index is -2.57. The van der Waals surface area contributed by atoms with E-state index in [1.54, 1.807) is 6.07 Å². The molecule has 1 aromatic carbocycles. The number of carbonyl (C=O) groups is 1. The fraction of sp³-hybridized carbons (Fsp3) is 0.125. The van der Waals surface area contributed by atoms with Crippen molar-refractivity contribution in [2.45, 2.75) is 6.92 Å². The molecule has 1 N–H and O–H groups in total. The third-order valence-electron chi connectivity index (χ3n) is 1.51. The SMILES string of the molecule is CC(=O)Nc1ccccc1B(F)F. The molecule has 0 aliphatic heterocycles. The molecule has 0 spiro atoms. The van der Waals surface area contributed by atoms with Crippen molar-refractivity contribution in [3.63, 3.8) is 0 Å². The van der Waals surface area contributed by atoms with Gasteiger partial charge in [0, 0.05) is 18.1 Å². The summed E-state index contributed by atoms with van der Waals surface area (Å²) >= 11 is 0. The molecule has 0 saturated heterocycles. The highest BCUT2D eigenvalue weighted by Gasteiger charge is 2.19. The predicted octanol–water partition coefficient (Wildman–Crippen LogP) is 1.28. The maximum atomic E-state index is 12.3. The fourth-order valence-electron chi connectivity index (χ4n) is 0.991. The van der Waals surface area contributed by atoms with E-state index >= 15 is 0 Å². The van der Waals surface area contributed by atoms with Crippen LogP contribution < -0.4 is 10.8 Å². The summed E-state index contributed by atoms with van der Waals surface area (Å²) in [4.78, 5) is 10.6. The third-order valence-corrected chi connectivity index (χ3v) is 1.51. The number of anilines is 1. The molecule has 0 bridgehead atoms. The summed E-state index contributed by atoms with van der Waals surface area (Å²) < 4.78 is 24.7. The second-order valence-electron chi connectivity index (χ2n) is 2.57. The van der Waals surface area contributed by atoms with E-state index in [-0.39, 0.29) is 17.1 Å². The highest BCUT2D eigenvalue weighted by molar-refractivity contribution is 6.62. The normalized spacial score (nSPS) is 9.46. The number of amides is 1. The molecular weight excluding hydrogens is 175 g/mol. The van der Waals surface area contributed by atoms with Gasteiger partial charge in [-0.15, -0.1) is 0 Å². The van der Waals surface area contributed by atoms with Gasteiger partial charge in [0.1, 0.15) is 0 Å². The van der Waals surface area contributed by atoms with Crippen LogP contribution in [0.15, 0.2) is 24.3 Å². The summed E-state index contributed by atoms with van der Waals surface area (Å²) in [6.07, 6.45) is 0. The van der Waals surface area contributed by atoms with E-state index in [4.69, 9.17) is 0 Å². The van der Waals surface area contributed by atoms with Crippen molar-refractivity contribution in [2.24, 2.45) is 0 Å². The number of benzene rings is 1. The van der Waals surface area contributed by atoms with Crippen LogP contribution in [0.4, 0.5) is 14.3 Å². The van der Waals surface area contributed by atoms with Crippen LogP contribution >= 0.6 is 0 Å². The van der Waals surface area contributed by atoms with E-state index in [1.807, 2.05) is 0 Å².